The van der Waals surface area contributed by atoms with Gasteiger partial charge in [0.2, 0.25) is 0 Å². The monoisotopic (exact) mass is 1390 g/mol. The van der Waals surface area contributed by atoms with Crippen molar-refractivity contribution < 1.29 is 86.1 Å². The number of aliphatic hydroxyl groups excluding tert-OH is 1. The average Bonchev–Trinajstić information content (AvgIpc) is 1.47. The van der Waals surface area contributed by atoms with Gasteiger partial charge in [-0.25, -0.2) is 28.8 Å². The van der Waals surface area contributed by atoms with Crippen LogP contribution in [0, 0.1) is 58.2 Å². The van der Waals surface area contributed by atoms with E-state index < -0.39 is 91.4 Å². The summed E-state index contributed by atoms with van der Waals surface area (Å²) >= 11 is 0. The molecule has 538 valence electrons. The van der Waals surface area contributed by atoms with E-state index >= 15 is 0 Å². The van der Waals surface area contributed by atoms with E-state index in [0.29, 0.717) is 48.3 Å². The van der Waals surface area contributed by atoms with E-state index in [4.69, 9.17) is 42.6 Å². The minimum Gasteiger partial charge on any atom is -0.462 e. The number of carbonyl (C=O) groups is 8. The van der Waals surface area contributed by atoms with Crippen LogP contribution in [0.25, 0.3) is 0 Å². The van der Waals surface area contributed by atoms with Crippen molar-refractivity contribution >= 4 is 47.4 Å². The minimum absolute atomic E-state index is 0.0314. The van der Waals surface area contributed by atoms with Crippen LogP contribution in [0.5, 0.6) is 0 Å². The lowest BCUT2D eigenvalue weighted by atomic mass is 9.44. The molecule has 0 radical (unpaired) electrons. The summed E-state index contributed by atoms with van der Waals surface area (Å²) in [4.78, 5) is 111. The minimum atomic E-state index is -1.64. The number of hydrogen-bond acceptors (Lipinski definition) is 18. The molecule has 5 saturated carbocycles. The molecule has 1 heterocycles. The molecular weight excluding hydrogens is 1300 g/mol. The summed E-state index contributed by atoms with van der Waals surface area (Å²) in [5, 5.41) is 12.3. The quantitative estimate of drug-likeness (QED) is 0.0261. The molecule has 14 unspecified atom stereocenters. The summed E-state index contributed by atoms with van der Waals surface area (Å²) < 4.78 is 56.5. The number of rotatable bonds is 29. The number of benzene rings is 6. The molecule has 0 aromatic heterocycles. The molecule has 6 aliphatic rings. The van der Waals surface area contributed by atoms with E-state index in [1.165, 1.54) is 0 Å². The summed E-state index contributed by atoms with van der Waals surface area (Å²) in [6.07, 6.45) is -1.48. The van der Waals surface area contributed by atoms with Crippen LogP contribution in [0.2, 0.25) is 0 Å². The van der Waals surface area contributed by atoms with Gasteiger partial charge >= 0.3 is 35.8 Å². The number of aliphatic hydroxyl groups is 1. The number of ketones is 2. The topological polar surface area (TPSA) is 240 Å². The van der Waals surface area contributed by atoms with Crippen LogP contribution in [0.1, 0.15) is 180 Å². The van der Waals surface area contributed by atoms with Crippen molar-refractivity contribution in [1.29, 1.82) is 0 Å². The molecule has 6 aromatic carbocycles. The molecule has 6 aromatic rings. The zero-order chi connectivity index (χ0) is 71.5. The molecular formula is C84H94O18. The van der Waals surface area contributed by atoms with E-state index in [1.54, 1.807) is 183 Å². The van der Waals surface area contributed by atoms with E-state index in [-0.39, 0.29) is 119 Å². The standard InChI is InChI=1S/C84H94O18/c1-52(49-94-53(2)73(100-79(91)58-29-17-8-18-30-58)70(98-78(90)57-27-15-7-16-28-57)45-61(54-36-37-54)50-95-76(88)55-23-11-5-12-24-55)35-39-63(85)47-68-69(86)48-67-65-40-38-62-46-64(41-43-83(62,3)66(65)42-44-84(67,68)4)97-82-72(87)75(102-81(93)60-33-21-10-22-34-60)74(101-80(92)59-31-19-9-20-32-59)71(99-82)51-96-77(89)56-25-13-6-14-26-56/h5-34,52-54,61-62,64-68,70-75,82,87H,35-51H2,1-4H3/t52-,53+,61?,62?,64?,65?,66?,67?,68?,70?,71?,72?,73?,74+,75?,82+,83?,84?/m0/s1. The Labute approximate surface area is 596 Å². The summed E-state index contributed by atoms with van der Waals surface area (Å²) in [6.45, 7) is 8.24. The van der Waals surface area contributed by atoms with Crippen molar-refractivity contribution in [3.05, 3.63) is 215 Å². The highest BCUT2D eigenvalue weighted by Gasteiger charge is 2.63. The molecule has 0 bridgehead atoms. The van der Waals surface area contributed by atoms with Gasteiger partial charge in [-0.2, -0.15) is 0 Å². The highest BCUT2D eigenvalue weighted by molar-refractivity contribution is 5.93. The number of hydrogen-bond donors (Lipinski definition) is 1. The summed E-state index contributed by atoms with van der Waals surface area (Å²) in [7, 11) is 0. The highest BCUT2D eigenvalue weighted by atomic mass is 16.7. The number of carbonyl (C=O) groups excluding carboxylic acids is 8. The van der Waals surface area contributed by atoms with Crippen molar-refractivity contribution in [3.63, 3.8) is 0 Å². The predicted molar refractivity (Wildman–Crippen MR) is 375 cm³/mol. The first-order valence-electron chi connectivity index (χ1n) is 36.5. The highest BCUT2D eigenvalue weighted by Crippen LogP contribution is 2.67. The van der Waals surface area contributed by atoms with E-state index in [9.17, 15) is 43.5 Å². The second-order valence-corrected chi connectivity index (χ2v) is 29.7. The second kappa shape index (κ2) is 33.2. The number of ether oxygens (including phenoxy) is 9. The van der Waals surface area contributed by atoms with Crippen molar-refractivity contribution in [2.24, 2.45) is 58.2 Å². The molecule has 0 amide bonds. The fourth-order valence-corrected chi connectivity index (χ4v) is 17.1. The fraction of sp³-hybridized carbons (Fsp3) is 0.476. The van der Waals surface area contributed by atoms with Crippen LogP contribution in [0.15, 0.2) is 182 Å². The van der Waals surface area contributed by atoms with E-state index in [0.717, 1.165) is 44.9 Å². The zero-order valence-electron chi connectivity index (χ0n) is 58.5. The van der Waals surface area contributed by atoms with E-state index in [1.807, 2.05) is 13.0 Å². The lowest BCUT2D eigenvalue weighted by molar-refractivity contribution is -0.314. The van der Waals surface area contributed by atoms with Gasteiger partial charge in [0.25, 0.3) is 0 Å². The summed E-state index contributed by atoms with van der Waals surface area (Å²) in [5.41, 5.74) is 1.31. The first-order chi connectivity index (χ1) is 49.3. The Morgan fingerprint density at radius 3 is 1.60 bits per heavy atom. The van der Waals surface area contributed by atoms with Gasteiger partial charge in [-0.05, 0) is 203 Å². The lowest BCUT2D eigenvalue weighted by Crippen LogP contribution is -2.62. The maximum Gasteiger partial charge on any atom is 0.338 e. The molecule has 6 fully saturated rings. The molecule has 18 atom stereocenters. The average molecular weight is 1390 g/mol. The van der Waals surface area contributed by atoms with Gasteiger partial charge < -0.3 is 47.7 Å². The largest absolute Gasteiger partial charge is 0.462 e. The first kappa shape index (κ1) is 73.1. The first-order valence-corrected chi connectivity index (χ1v) is 36.5. The Bertz CT molecular complexity index is 3830. The van der Waals surface area contributed by atoms with Gasteiger partial charge in [0.1, 0.15) is 36.5 Å². The molecule has 1 aliphatic heterocycles. The van der Waals surface area contributed by atoms with Crippen LogP contribution in [-0.2, 0) is 52.2 Å². The van der Waals surface area contributed by atoms with Gasteiger partial charge in [0.15, 0.2) is 24.6 Å². The fourth-order valence-electron chi connectivity index (χ4n) is 17.1. The van der Waals surface area contributed by atoms with Gasteiger partial charge in [-0.15, -0.1) is 0 Å². The van der Waals surface area contributed by atoms with Crippen molar-refractivity contribution in [2.45, 2.75) is 173 Å². The Morgan fingerprint density at radius 2 is 1.05 bits per heavy atom. The molecule has 1 saturated heterocycles. The third-order valence-corrected chi connectivity index (χ3v) is 23.1. The van der Waals surface area contributed by atoms with Crippen LogP contribution < -0.4 is 0 Å². The van der Waals surface area contributed by atoms with Crippen molar-refractivity contribution in [1.82, 2.24) is 0 Å². The number of Topliss-reactive ketones (excluding diaryl/α,β-unsaturated/α-hetero) is 2. The van der Waals surface area contributed by atoms with Crippen LogP contribution in [0.4, 0.5) is 0 Å². The maximum absolute atomic E-state index is 14.4. The Hall–Kier alpha value is -8.68. The molecule has 0 spiro atoms. The molecule has 12 rings (SSSR count). The summed E-state index contributed by atoms with van der Waals surface area (Å²) in [6, 6.07) is 50.9. The van der Waals surface area contributed by atoms with Gasteiger partial charge in [-0.3, -0.25) is 9.59 Å². The Balaban J connectivity index is 0.674. The molecule has 5 aliphatic carbocycles. The van der Waals surface area contributed by atoms with Gasteiger partial charge in [-0.1, -0.05) is 130 Å². The van der Waals surface area contributed by atoms with Crippen LogP contribution >= 0.6 is 0 Å². The molecule has 1 N–H and O–H groups in total. The van der Waals surface area contributed by atoms with Crippen LogP contribution in [0.3, 0.4) is 0 Å². The molecule has 18 nitrogen and oxygen atoms in total. The second-order valence-electron chi connectivity index (χ2n) is 29.7. The van der Waals surface area contributed by atoms with E-state index in [2.05, 4.69) is 13.8 Å². The normalized spacial score (nSPS) is 28.0. The van der Waals surface area contributed by atoms with Crippen molar-refractivity contribution in [2.75, 3.05) is 19.8 Å². The smallest absolute Gasteiger partial charge is 0.338 e. The summed E-state index contributed by atoms with van der Waals surface area (Å²) in [5.74, 6) is -3.27. The van der Waals surface area contributed by atoms with Crippen LogP contribution in [-0.4, -0.2) is 127 Å². The molecule has 18 heteroatoms. The lowest BCUT2D eigenvalue weighted by Gasteiger charge is -2.61. The third kappa shape index (κ3) is 17.3. The number of esters is 6. The SMILES string of the molecule is C[C@@H](CCC(=O)CC1C(=O)CC2C3CCC4CC(O[C@@H]5OC(COC(=O)c6ccccc6)[C@@H](OC(=O)c6ccccc6)C(OC(=O)c6ccccc6)C5O)CCC4(C)C3CCC12C)CO[C@H](C)C(OC(=O)c1ccccc1)C(CC(COC(=O)c1ccccc1)C1CC1)OC(=O)c1ccccc1. The Morgan fingerprint density at radius 1 is 0.549 bits per heavy atom. The van der Waals surface area contributed by atoms with Crippen molar-refractivity contribution in [3.8, 4) is 0 Å². The zero-order valence-corrected chi connectivity index (χ0v) is 58.5. The van der Waals surface area contributed by atoms with Gasteiger partial charge in [0, 0.05) is 31.8 Å². The number of fused-ring (bicyclic) bond motifs is 5. The third-order valence-electron chi connectivity index (χ3n) is 23.1. The molecule has 102 heavy (non-hydrogen) atoms. The van der Waals surface area contributed by atoms with Gasteiger partial charge in [0.05, 0.1) is 52.2 Å². The Kier molecular flexibility index (Phi) is 23.8. The maximum atomic E-state index is 14.4. The predicted octanol–water partition coefficient (Wildman–Crippen LogP) is 14.1.